The number of carboxylic acid groups (broad SMARTS) is 1. The molecular formula is C30H37F3N6O3S. The summed E-state index contributed by atoms with van der Waals surface area (Å²) in [6.45, 7) is 7.83. The predicted octanol–water partition coefficient (Wildman–Crippen LogP) is 5.43. The van der Waals surface area contributed by atoms with E-state index in [1.165, 1.54) is 6.92 Å². The molecule has 1 aliphatic rings. The number of carbonyl (C=O) groups excluding carboxylic acids is 1. The zero-order valence-electron chi connectivity index (χ0n) is 25.0. The number of pyridine rings is 1. The fourth-order valence-electron chi connectivity index (χ4n) is 4.69. The monoisotopic (exact) mass is 618 g/mol. The number of alkyl halides is 3. The van der Waals surface area contributed by atoms with Crippen molar-refractivity contribution in [1.29, 1.82) is 10.5 Å². The van der Waals surface area contributed by atoms with Crippen molar-refractivity contribution < 1.29 is 27.9 Å². The third-order valence-electron chi connectivity index (χ3n) is 7.08. The molecule has 1 fully saturated rings. The first kappa shape index (κ1) is 35.4. The van der Waals surface area contributed by atoms with Gasteiger partial charge in [-0.3, -0.25) is 4.79 Å². The number of halogens is 3. The third kappa shape index (κ3) is 9.87. The van der Waals surface area contributed by atoms with Gasteiger partial charge in [0.15, 0.2) is 0 Å². The number of aromatic nitrogens is 1. The van der Waals surface area contributed by atoms with E-state index in [1.807, 2.05) is 19.1 Å². The quantitative estimate of drug-likeness (QED) is 0.353. The standard InChI is InChI=1S/C28H36N6OS.C2HF3O2/c1-6-23-24(16-29)27(34-14-12-22(13-15-34)33(4)5)32-28(25(23)17-30)36-26(7-2)21-10-8-20(9-11-21)18-31-19(3)35;3-2(4,5)1(6)7/h8-11,22,26H,6-7,12-15,18H2,1-5H3,(H,31,35);(H,6,7). The molecule has 1 saturated heterocycles. The van der Waals surface area contributed by atoms with Crippen LogP contribution in [-0.4, -0.2) is 66.3 Å². The molecule has 232 valence electrons. The minimum Gasteiger partial charge on any atom is -0.475 e. The van der Waals surface area contributed by atoms with Crippen LogP contribution in [0.15, 0.2) is 29.3 Å². The van der Waals surface area contributed by atoms with Gasteiger partial charge in [-0.05, 0) is 56.5 Å². The molecule has 43 heavy (non-hydrogen) atoms. The van der Waals surface area contributed by atoms with Gasteiger partial charge in [0.25, 0.3) is 0 Å². The molecule has 2 aromatic rings. The van der Waals surface area contributed by atoms with Gasteiger partial charge in [-0.2, -0.15) is 23.7 Å². The van der Waals surface area contributed by atoms with Crippen LogP contribution < -0.4 is 10.2 Å². The number of carboxylic acids is 1. The Labute approximate surface area is 254 Å². The summed E-state index contributed by atoms with van der Waals surface area (Å²) >= 11 is 1.60. The molecule has 1 atom stereocenters. The second-order valence-corrected chi connectivity index (χ2v) is 11.4. The van der Waals surface area contributed by atoms with Crippen molar-refractivity contribution >= 4 is 29.5 Å². The number of thioether (sulfide) groups is 1. The lowest BCUT2D eigenvalue weighted by atomic mass is 9.99. The van der Waals surface area contributed by atoms with Crippen LogP contribution >= 0.6 is 11.8 Å². The molecule has 2 heterocycles. The number of hydrogen-bond acceptors (Lipinski definition) is 8. The zero-order valence-corrected chi connectivity index (χ0v) is 25.8. The van der Waals surface area contributed by atoms with Gasteiger partial charge in [-0.1, -0.05) is 49.9 Å². The SMILES string of the molecule is CCc1c(C#N)c(SC(CC)c2ccc(CNC(C)=O)cc2)nc(N2CCC(N(C)C)CC2)c1C#N.O=C(O)C(F)(F)F. The lowest BCUT2D eigenvalue weighted by Gasteiger charge is -2.36. The van der Waals surface area contributed by atoms with Crippen LogP contribution in [0, 0.1) is 22.7 Å². The summed E-state index contributed by atoms with van der Waals surface area (Å²) in [4.78, 5) is 29.6. The molecule has 0 radical (unpaired) electrons. The number of nitrogens with one attached hydrogen (secondary N) is 1. The molecule has 0 aliphatic carbocycles. The number of nitriles is 2. The van der Waals surface area contributed by atoms with E-state index in [-0.39, 0.29) is 11.2 Å². The van der Waals surface area contributed by atoms with Crippen molar-refractivity contribution in [3.63, 3.8) is 0 Å². The largest absolute Gasteiger partial charge is 0.490 e. The predicted molar refractivity (Wildman–Crippen MR) is 159 cm³/mol. The zero-order chi connectivity index (χ0) is 32.3. The lowest BCUT2D eigenvalue weighted by molar-refractivity contribution is -0.192. The maximum Gasteiger partial charge on any atom is 0.490 e. The van der Waals surface area contributed by atoms with Crippen molar-refractivity contribution in [2.75, 3.05) is 32.1 Å². The summed E-state index contributed by atoms with van der Waals surface area (Å²) in [5.41, 5.74) is 4.04. The molecule has 1 aromatic heterocycles. The van der Waals surface area contributed by atoms with E-state index in [0.717, 1.165) is 49.0 Å². The summed E-state index contributed by atoms with van der Waals surface area (Å²) in [6.07, 6.45) is -1.57. The Balaban J connectivity index is 0.000000821. The summed E-state index contributed by atoms with van der Waals surface area (Å²) in [5, 5.41) is 30.9. The van der Waals surface area contributed by atoms with E-state index >= 15 is 0 Å². The molecule has 0 saturated carbocycles. The number of anilines is 1. The molecule has 0 spiro atoms. The van der Waals surface area contributed by atoms with Crippen LogP contribution in [0.1, 0.15) is 73.1 Å². The summed E-state index contributed by atoms with van der Waals surface area (Å²) in [7, 11) is 4.23. The first-order valence-electron chi connectivity index (χ1n) is 13.9. The molecule has 1 aromatic carbocycles. The van der Waals surface area contributed by atoms with Gasteiger partial charge in [0, 0.05) is 37.8 Å². The van der Waals surface area contributed by atoms with E-state index in [2.05, 4.69) is 60.4 Å². The van der Waals surface area contributed by atoms with Crippen LogP contribution in [0.3, 0.4) is 0 Å². The second kappa shape index (κ2) is 16.1. The Hall–Kier alpha value is -3.81. The number of carbonyl (C=O) groups is 2. The van der Waals surface area contributed by atoms with E-state index in [4.69, 9.17) is 14.9 Å². The fraction of sp³-hybridized carbons (Fsp3) is 0.500. The minimum absolute atomic E-state index is 0.0505. The third-order valence-corrected chi connectivity index (χ3v) is 8.49. The molecule has 1 amide bonds. The summed E-state index contributed by atoms with van der Waals surface area (Å²) < 4.78 is 31.7. The first-order valence-corrected chi connectivity index (χ1v) is 14.7. The Morgan fingerprint density at radius 1 is 1.14 bits per heavy atom. The Kier molecular flexibility index (Phi) is 13.3. The van der Waals surface area contributed by atoms with Crippen LogP contribution in [0.5, 0.6) is 0 Å². The highest BCUT2D eigenvalue weighted by Crippen LogP contribution is 2.41. The highest BCUT2D eigenvalue weighted by Gasteiger charge is 2.38. The molecule has 1 unspecified atom stereocenters. The molecule has 2 N–H and O–H groups in total. The van der Waals surface area contributed by atoms with Crippen molar-refractivity contribution in [3.05, 3.63) is 52.1 Å². The Bertz CT molecular complexity index is 1350. The normalized spacial score (nSPS) is 14.3. The first-order chi connectivity index (χ1) is 20.3. The van der Waals surface area contributed by atoms with Gasteiger partial charge >= 0.3 is 12.1 Å². The van der Waals surface area contributed by atoms with Crippen LogP contribution in [0.2, 0.25) is 0 Å². The Morgan fingerprint density at radius 3 is 2.12 bits per heavy atom. The number of piperidine rings is 1. The van der Waals surface area contributed by atoms with Crippen LogP contribution in [0.25, 0.3) is 0 Å². The highest BCUT2D eigenvalue weighted by molar-refractivity contribution is 7.99. The van der Waals surface area contributed by atoms with Gasteiger partial charge in [0.05, 0.1) is 11.1 Å². The molecular weight excluding hydrogens is 581 g/mol. The van der Waals surface area contributed by atoms with Gasteiger partial charge in [-0.15, -0.1) is 0 Å². The maximum atomic E-state index is 11.2. The number of hydrogen-bond donors (Lipinski definition) is 2. The summed E-state index contributed by atoms with van der Waals surface area (Å²) in [5.74, 6) is -2.09. The van der Waals surface area contributed by atoms with Crippen molar-refractivity contribution in [2.24, 2.45) is 0 Å². The van der Waals surface area contributed by atoms with Crippen molar-refractivity contribution in [3.8, 4) is 12.1 Å². The van der Waals surface area contributed by atoms with Gasteiger partial charge < -0.3 is 20.2 Å². The van der Waals surface area contributed by atoms with E-state index < -0.39 is 12.1 Å². The van der Waals surface area contributed by atoms with Crippen molar-refractivity contribution in [2.45, 2.75) is 75.5 Å². The van der Waals surface area contributed by atoms with E-state index in [1.54, 1.807) is 11.8 Å². The van der Waals surface area contributed by atoms with Crippen molar-refractivity contribution in [1.82, 2.24) is 15.2 Å². The van der Waals surface area contributed by atoms with Gasteiger partial charge in [0.2, 0.25) is 5.91 Å². The lowest BCUT2D eigenvalue weighted by Crippen LogP contribution is -2.42. The number of nitrogens with zero attached hydrogens (tertiary/aromatic N) is 5. The molecule has 9 nitrogen and oxygen atoms in total. The van der Waals surface area contributed by atoms with E-state index in [9.17, 15) is 28.5 Å². The number of benzene rings is 1. The van der Waals surface area contributed by atoms with E-state index in [0.29, 0.717) is 41.0 Å². The summed E-state index contributed by atoms with van der Waals surface area (Å²) in [6, 6.07) is 13.5. The van der Waals surface area contributed by atoms with Crippen LogP contribution in [-0.2, 0) is 22.6 Å². The van der Waals surface area contributed by atoms with Gasteiger partial charge in [0.1, 0.15) is 23.0 Å². The molecule has 1 aliphatic heterocycles. The average molecular weight is 619 g/mol. The minimum atomic E-state index is -5.08. The van der Waals surface area contributed by atoms with Crippen LogP contribution in [0.4, 0.5) is 19.0 Å². The average Bonchev–Trinajstić information content (AvgIpc) is 2.98. The highest BCUT2D eigenvalue weighted by atomic mass is 32.2. The Morgan fingerprint density at radius 2 is 1.70 bits per heavy atom. The number of amides is 1. The molecule has 13 heteroatoms. The number of rotatable bonds is 9. The fourth-order valence-corrected chi connectivity index (χ4v) is 5.85. The second-order valence-electron chi connectivity index (χ2n) is 10.2. The smallest absolute Gasteiger partial charge is 0.475 e. The number of aliphatic carboxylic acids is 1. The topological polar surface area (TPSA) is 133 Å². The van der Waals surface area contributed by atoms with Gasteiger partial charge in [-0.25, -0.2) is 9.78 Å². The molecule has 0 bridgehead atoms. The maximum absolute atomic E-state index is 11.2. The molecule has 3 rings (SSSR count).